The van der Waals surface area contributed by atoms with E-state index >= 15 is 0 Å². The van der Waals surface area contributed by atoms with Crippen LogP contribution in [0.2, 0.25) is 10.1 Å². The zero-order chi connectivity index (χ0) is 50.2. The summed E-state index contributed by atoms with van der Waals surface area (Å²) in [5.41, 5.74) is 0. The Labute approximate surface area is 357 Å². The fraction of sp³-hybridized carbons (Fsp3) is 0.733. The predicted molar refractivity (Wildman–Crippen MR) is 158 cm³/mol. The third-order valence-electron chi connectivity index (χ3n) is 9.15. The maximum absolute atomic E-state index is 14.3. The number of halogens is 30. The van der Waals surface area contributed by atoms with Crippen molar-refractivity contribution in [2.45, 2.75) is 134 Å². The van der Waals surface area contributed by atoms with Crippen LogP contribution in [0.25, 0.3) is 0 Å². The van der Waals surface area contributed by atoms with Crippen molar-refractivity contribution in [1.29, 1.82) is 0 Å². The minimum absolute atomic E-state index is 0. The molecule has 366 valence electrons. The molecule has 0 saturated heterocycles. The number of rotatable bonds is 16. The fourth-order valence-corrected chi connectivity index (χ4v) is 9.00. The van der Waals surface area contributed by atoms with Crippen LogP contribution in [0.15, 0.2) is 34.7 Å². The van der Waals surface area contributed by atoms with Crippen molar-refractivity contribution in [3.63, 3.8) is 0 Å². The maximum atomic E-state index is 14.3. The van der Waals surface area contributed by atoms with E-state index < -0.39 is 113 Å². The van der Waals surface area contributed by atoms with Crippen LogP contribution >= 0.6 is 0 Å². The summed E-state index contributed by atoms with van der Waals surface area (Å²) in [5, 5.41) is -6.78. The van der Waals surface area contributed by atoms with Gasteiger partial charge >= 0.3 is 110 Å². The topological polar surface area (TPSA) is 0 Å². The number of hydrogen-bond donors (Lipinski definition) is 0. The molecule has 0 aromatic carbocycles. The van der Waals surface area contributed by atoms with Crippen LogP contribution in [0.4, 0.5) is 132 Å². The van der Waals surface area contributed by atoms with E-state index in [1.807, 2.05) is 0 Å². The second-order valence-electron chi connectivity index (χ2n) is 14.6. The molecule has 0 aromatic heterocycles. The average molecular weight is 1100 g/mol. The van der Waals surface area contributed by atoms with Crippen molar-refractivity contribution in [2.24, 2.45) is 0 Å². The van der Waals surface area contributed by atoms with Crippen molar-refractivity contribution >= 4 is 19.0 Å². The van der Waals surface area contributed by atoms with Gasteiger partial charge in [-0.15, -0.1) is 12.8 Å². The third-order valence-corrected chi connectivity index (χ3v) is 13.5. The molecule has 0 spiro atoms. The van der Waals surface area contributed by atoms with Gasteiger partial charge in [-0.2, -0.15) is 144 Å². The fourth-order valence-electron chi connectivity index (χ4n) is 5.10. The van der Waals surface area contributed by atoms with Gasteiger partial charge in [-0.3, -0.25) is 12.2 Å². The van der Waals surface area contributed by atoms with Crippen LogP contribution in [0.1, 0.15) is 40.5 Å². The molecule has 0 heterocycles. The van der Waals surface area contributed by atoms with Gasteiger partial charge in [0, 0.05) is 29.1 Å². The smallest absolute Gasteiger partial charge is 0.274 e. The van der Waals surface area contributed by atoms with Gasteiger partial charge in [0.25, 0.3) is 0 Å². The Morgan fingerprint density at radius 1 is 0.317 bits per heavy atom. The predicted octanol–water partition coefficient (Wildman–Crippen LogP) is 12.7. The van der Waals surface area contributed by atoms with Crippen LogP contribution in [0, 0.1) is 12.2 Å². The van der Waals surface area contributed by atoms with Gasteiger partial charge < -0.3 is 0 Å². The SMILES string of the molecule is CC(C)([SiH2]C1=[C-]CC=C1)C(F)(F)C(F)(F)C(F)(F)C(F)(F)C(F)(F)C(F)(F)C(F)(F)F.CC(C)([SiH2]C1=[C-]CC=C1)C(F)(F)C(F)(F)C(F)(F)C(F)(F)C(F)(F)C(F)(F)C(F)(F)F.[Zr+2]. The third kappa shape index (κ3) is 9.28. The van der Waals surface area contributed by atoms with E-state index in [1.165, 1.54) is 12.2 Å². The van der Waals surface area contributed by atoms with Gasteiger partial charge in [0.15, 0.2) is 0 Å². The summed E-state index contributed by atoms with van der Waals surface area (Å²) in [4.78, 5) is 0. The Morgan fingerprint density at radius 3 is 0.651 bits per heavy atom. The van der Waals surface area contributed by atoms with E-state index in [1.54, 1.807) is 0 Å². The number of alkyl halides is 30. The maximum Gasteiger partial charge on any atom is 2.00 e. The second kappa shape index (κ2) is 17.4. The minimum Gasteiger partial charge on any atom is -0.274 e. The summed E-state index contributed by atoms with van der Waals surface area (Å²) in [6, 6.07) is 0. The molecule has 2 rings (SSSR count). The molecule has 0 atom stereocenters. The molecule has 0 saturated carbocycles. The molecule has 0 unspecified atom stereocenters. The molecule has 63 heavy (non-hydrogen) atoms. The Balaban J connectivity index is 0.00000120. The normalized spacial score (nSPS) is 18.0. The molecule has 0 aromatic rings. The summed E-state index contributed by atoms with van der Waals surface area (Å²) in [6.45, 7) is 0.852. The van der Waals surface area contributed by atoms with Crippen molar-refractivity contribution in [1.82, 2.24) is 0 Å². The van der Waals surface area contributed by atoms with Gasteiger partial charge in [0.05, 0.1) is 0 Å². The molecule has 0 nitrogen and oxygen atoms in total. The molecule has 0 radical (unpaired) electrons. The first-order valence-corrected chi connectivity index (χ1v) is 18.7. The average Bonchev–Trinajstić information content (AvgIpc) is 3.77. The number of hydrogen-bond acceptors (Lipinski definition) is 0. The molecule has 2 aliphatic rings. The van der Waals surface area contributed by atoms with Gasteiger partial charge in [-0.1, -0.05) is 27.7 Å². The Kier molecular flexibility index (Phi) is 16.9. The van der Waals surface area contributed by atoms with Crippen LogP contribution in [-0.2, 0) is 26.2 Å². The summed E-state index contributed by atoms with van der Waals surface area (Å²) >= 11 is 0. The zero-order valence-corrected chi connectivity index (χ0v) is 36.3. The van der Waals surface area contributed by atoms with Crippen LogP contribution < -0.4 is 0 Å². The van der Waals surface area contributed by atoms with Crippen molar-refractivity contribution in [2.75, 3.05) is 0 Å². The van der Waals surface area contributed by atoms with Crippen molar-refractivity contribution in [3.8, 4) is 0 Å². The van der Waals surface area contributed by atoms with E-state index in [-0.39, 0.29) is 77.1 Å². The molecule has 2 aliphatic carbocycles. The summed E-state index contributed by atoms with van der Waals surface area (Å²) in [7, 11) is -5.52. The summed E-state index contributed by atoms with van der Waals surface area (Å²) in [5.74, 6) is -92.3. The van der Waals surface area contributed by atoms with Crippen molar-refractivity contribution in [3.05, 3.63) is 46.8 Å². The summed E-state index contributed by atoms with van der Waals surface area (Å²) in [6.07, 6.45) is -5.65. The van der Waals surface area contributed by atoms with Gasteiger partial charge in [-0.05, 0) is 0 Å². The first kappa shape index (κ1) is 61.2. The molecular formula is C30H24F30Si2Zr. The Morgan fingerprint density at radius 2 is 0.492 bits per heavy atom. The molecule has 0 N–H and O–H groups in total. The summed E-state index contributed by atoms with van der Waals surface area (Å²) < 4.78 is 399. The Hall–Kier alpha value is -1.82. The van der Waals surface area contributed by atoms with E-state index in [0.29, 0.717) is 0 Å². The first-order chi connectivity index (χ1) is 26.7. The van der Waals surface area contributed by atoms with Gasteiger partial charge in [0.2, 0.25) is 0 Å². The second-order valence-corrected chi connectivity index (χ2v) is 20.4. The van der Waals surface area contributed by atoms with Gasteiger partial charge in [-0.25, -0.2) is 22.5 Å². The van der Waals surface area contributed by atoms with Gasteiger partial charge in [0.1, 0.15) is 0 Å². The van der Waals surface area contributed by atoms with E-state index in [0.717, 1.165) is 12.2 Å². The molecule has 0 amide bonds. The monoisotopic (exact) mass is 1100 g/mol. The van der Waals surface area contributed by atoms with Crippen LogP contribution in [-0.4, -0.2) is 102 Å². The Bertz CT molecular complexity index is 1620. The zero-order valence-electron chi connectivity index (χ0n) is 31.0. The molecule has 0 bridgehead atoms. The number of allylic oxidation sites excluding steroid dienone is 8. The van der Waals surface area contributed by atoms with Crippen molar-refractivity contribution < 1.29 is 158 Å². The van der Waals surface area contributed by atoms with Crippen LogP contribution in [0.5, 0.6) is 0 Å². The standard InChI is InChI=1S/2C15H12F15Si.Zr/c2*1-8(2,31-7-5-3-4-6-7)9(16,17)10(18,19)11(20,21)12(22,23)13(24,25)14(26,27)15(28,29)30;/h2*3,5H,4,31H2,1-2H3;/q2*-1;+2. The van der Waals surface area contributed by atoms with Crippen LogP contribution in [0.3, 0.4) is 0 Å². The minimum atomic E-state index is -8.25. The van der Waals surface area contributed by atoms with E-state index in [2.05, 4.69) is 12.2 Å². The quantitative estimate of drug-likeness (QED) is 0.0821. The molecule has 33 heteroatoms. The molecular weight excluding hydrogens is 1080 g/mol. The largest absolute Gasteiger partial charge is 2.00 e. The molecule has 0 aliphatic heterocycles. The van der Waals surface area contributed by atoms with E-state index in [9.17, 15) is 132 Å². The molecule has 0 fully saturated rings. The first-order valence-electron chi connectivity index (χ1n) is 15.9. The van der Waals surface area contributed by atoms with E-state index in [4.69, 9.17) is 0 Å².